The predicted octanol–water partition coefficient (Wildman–Crippen LogP) is 4.69. The van der Waals surface area contributed by atoms with Crippen LogP contribution >= 0.6 is 0 Å². The lowest BCUT2D eigenvalue weighted by atomic mass is 9.93. The molecule has 1 unspecified atom stereocenters. The average Bonchev–Trinajstić information content (AvgIpc) is 3.17. The summed E-state index contributed by atoms with van der Waals surface area (Å²) in [5.41, 5.74) is -0.130. The van der Waals surface area contributed by atoms with E-state index in [9.17, 15) is 27.1 Å². The van der Waals surface area contributed by atoms with E-state index in [-0.39, 0.29) is 28.7 Å². The molecule has 2 aromatic heterocycles. The maximum Gasteiger partial charge on any atom is 0.434 e. The topological polar surface area (TPSA) is 70.1 Å². The third kappa shape index (κ3) is 4.25. The summed E-state index contributed by atoms with van der Waals surface area (Å²) < 4.78 is 71.5. The van der Waals surface area contributed by atoms with E-state index in [2.05, 4.69) is 32.1 Å². The van der Waals surface area contributed by atoms with Gasteiger partial charge < -0.3 is 10.0 Å². The number of hydrogen-bond donors (Lipinski definition) is 1. The molecule has 4 aromatic rings. The number of aromatic hydroxyl groups is 1. The minimum absolute atomic E-state index is 0.143. The molecule has 12 heteroatoms. The number of benzene rings is 2. The Balaban J connectivity index is 1.53. The molecule has 0 bridgehead atoms. The van der Waals surface area contributed by atoms with E-state index in [4.69, 9.17) is 0 Å². The molecule has 0 saturated carbocycles. The molecule has 0 fully saturated rings. The first-order valence-electron chi connectivity index (χ1n) is 11.3. The Bertz CT molecular complexity index is 1560. The fourth-order valence-corrected chi connectivity index (χ4v) is 4.73. The van der Waals surface area contributed by atoms with Gasteiger partial charge in [-0.1, -0.05) is 23.2 Å². The fourth-order valence-electron chi connectivity index (χ4n) is 4.73. The van der Waals surface area contributed by atoms with Gasteiger partial charge in [0.1, 0.15) is 11.9 Å². The molecule has 1 atom stereocenters. The number of nitrogens with zero attached hydrogens (tertiary/aromatic N) is 6. The van der Waals surface area contributed by atoms with Crippen molar-refractivity contribution in [3.05, 3.63) is 59.3 Å². The summed E-state index contributed by atoms with van der Waals surface area (Å²) in [6, 6.07) is 8.45. The van der Waals surface area contributed by atoms with Gasteiger partial charge in [-0.2, -0.15) is 18.3 Å². The Morgan fingerprint density at radius 1 is 1.14 bits per heavy atom. The summed E-state index contributed by atoms with van der Waals surface area (Å²) in [7, 11) is 5.30. The maximum absolute atomic E-state index is 14.7. The van der Waals surface area contributed by atoms with Gasteiger partial charge in [-0.25, -0.2) is 18.0 Å². The van der Waals surface area contributed by atoms with Crippen molar-refractivity contribution in [3.8, 4) is 17.0 Å². The van der Waals surface area contributed by atoms with Crippen LogP contribution in [0.2, 0.25) is 0 Å². The molecule has 1 N–H and O–H groups in total. The number of aryl methyl sites for hydroxylation is 1. The molecule has 1 aliphatic heterocycles. The predicted molar refractivity (Wildman–Crippen MR) is 127 cm³/mol. The summed E-state index contributed by atoms with van der Waals surface area (Å²) in [6.07, 6.45) is -1.000. The number of hydrogen-bond acceptors (Lipinski definition) is 5. The second-order valence-corrected chi connectivity index (χ2v) is 9.06. The van der Waals surface area contributed by atoms with Gasteiger partial charge in [-0.15, -0.1) is 0 Å². The molecule has 5 rings (SSSR count). The van der Waals surface area contributed by atoms with E-state index in [0.29, 0.717) is 5.95 Å². The number of fused-ring (bicyclic) bond motifs is 2. The Hall–Kier alpha value is -4.09. The Morgan fingerprint density at radius 3 is 2.59 bits per heavy atom. The standard InChI is InChI=1S/C25H21F5N6O/c1-34-11-13(8-14-6-4-5-7-18(14)34)12-35(2)24-31-10-16-21(33-36(3)23(16)32-24)15-9-17(25(28,29)30)20(27)22(37)19(15)26/h4-7,9-10,12-13H,8,11H2,1-3H3/p+1/b35-12+. The van der Waals surface area contributed by atoms with Crippen molar-refractivity contribution in [2.24, 2.45) is 13.0 Å². The lowest BCUT2D eigenvalue weighted by Gasteiger charge is -2.31. The van der Waals surface area contributed by atoms with Crippen LogP contribution in [0.3, 0.4) is 0 Å². The number of anilines is 1. The van der Waals surface area contributed by atoms with Crippen molar-refractivity contribution in [1.29, 1.82) is 0 Å². The molecule has 0 spiro atoms. The van der Waals surface area contributed by atoms with Crippen molar-refractivity contribution in [2.75, 3.05) is 25.5 Å². The van der Waals surface area contributed by atoms with Crippen molar-refractivity contribution < 1.29 is 31.6 Å². The van der Waals surface area contributed by atoms with Crippen LogP contribution in [0, 0.1) is 17.6 Å². The molecular formula is C25H22F5N6O+. The van der Waals surface area contributed by atoms with Gasteiger partial charge >= 0.3 is 12.1 Å². The normalized spacial score (nSPS) is 16.4. The second-order valence-electron chi connectivity index (χ2n) is 9.06. The van der Waals surface area contributed by atoms with Crippen LogP contribution in [0.4, 0.5) is 33.6 Å². The van der Waals surface area contributed by atoms with Gasteiger partial charge in [0.2, 0.25) is 5.65 Å². The minimum atomic E-state index is -5.15. The van der Waals surface area contributed by atoms with E-state index in [1.807, 2.05) is 25.4 Å². The zero-order valence-corrected chi connectivity index (χ0v) is 20.1. The van der Waals surface area contributed by atoms with Gasteiger partial charge in [0.05, 0.1) is 18.0 Å². The zero-order valence-electron chi connectivity index (χ0n) is 20.1. The first kappa shape index (κ1) is 24.6. The highest BCUT2D eigenvalue weighted by molar-refractivity contribution is 5.91. The van der Waals surface area contributed by atoms with Gasteiger partial charge in [0, 0.05) is 44.0 Å². The van der Waals surface area contributed by atoms with Crippen molar-refractivity contribution in [3.63, 3.8) is 0 Å². The number of alkyl halides is 3. The monoisotopic (exact) mass is 517 g/mol. The number of halogens is 5. The molecule has 0 radical (unpaired) electrons. The highest BCUT2D eigenvalue weighted by Crippen LogP contribution is 2.41. The summed E-state index contributed by atoms with van der Waals surface area (Å²) in [4.78, 5) is 11.0. The van der Waals surface area contributed by atoms with Crippen LogP contribution in [-0.2, 0) is 19.6 Å². The second kappa shape index (κ2) is 8.79. The van der Waals surface area contributed by atoms with Crippen LogP contribution in [0.15, 0.2) is 36.5 Å². The van der Waals surface area contributed by atoms with Crippen LogP contribution in [-0.4, -0.2) is 56.3 Å². The summed E-state index contributed by atoms with van der Waals surface area (Å²) in [5.74, 6) is -4.89. The molecule has 7 nitrogen and oxygen atoms in total. The van der Waals surface area contributed by atoms with Crippen LogP contribution < -0.4 is 4.90 Å². The Kier molecular flexibility index (Phi) is 5.84. The summed E-state index contributed by atoms with van der Waals surface area (Å²) >= 11 is 0. The molecule has 1 aliphatic rings. The minimum Gasteiger partial charge on any atom is -0.503 e. The van der Waals surface area contributed by atoms with Gasteiger partial charge in [-0.05, 0) is 29.1 Å². The SMILES string of the molecule is CN1CC(/C=[N+](\C)c2ncc3c(-c4cc(C(F)(F)F)c(F)c(O)c4F)nn(C)c3n2)Cc2ccccc21. The number of rotatable bonds is 3. The average molecular weight is 517 g/mol. The van der Waals surface area contributed by atoms with Gasteiger partial charge in [0.15, 0.2) is 17.4 Å². The summed E-state index contributed by atoms with van der Waals surface area (Å²) in [5, 5.41) is 13.9. The zero-order chi connectivity index (χ0) is 26.6. The fraction of sp³-hybridized carbons (Fsp3) is 0.280. The Morgan fingerprint density at radius 2 is 1.86 bits per heavy atom. The molecule has 37 heavy (non-hydrogen) atoms. The van der Waals surface area contributed by atoms with E-state index in [1.54, 1.807) is 11.6 Å². The number of phenols is 1. The molecule has 0 aliphatic carbocycles. The highest BCUT2D eigenvalue weighted by atomic mass is 19.4. The van der Waals surface area contributed by atoms with E-state index in [1.165, 1.54) is 29.2 Å². The summed E-state index contributed by atoms with van der Waals surface area (Å²) in [6.45, 7) is 0.786. The molecular weight excluding hydrogens is 495 g/mol. The van der Waals surface area contributed by atoms with Crippen molar-refractivity contribution in [2.45, 2.75) is 12.6 Å². The van der Waals surface area contributed by atoms with Crippen LogP contribution in [0.1, 0.15) is 11.1 Å². The quantitative estimate of drug-likeness (QED) is 0.243. The smallest absolute Gasteiger partial charge is 0.434 e. The maximum atomic E-state index is 14.7. The molecule has 192 valence electrons. The lowest BCUT2D eigenvalue weighted by Crippen LogP contribution is -2.34. The molecule has 2 aromatic carbocycles. The van der Waals surface area contributed by atoms with Gasteiger partial charge in [-0.3, -0.25) is 0 Å². The molecule has 3 heterocycles. The van der Waals surface area contributed by atoms with Crippen molar-refractivity contribution in [1.82, 2.24) is 19.7 Å². The highest BCUT2D eigenvalue weighted by Gasteiger charge is 2.38. The third-order valence-electron chi connectivity index (χ3n) is 6.45. The first-order valence-corrected chi connectivity index (χ1v) is 11.3. The van der Waals surface area contributed by atoms with E-state index in [0.717, 1.165) is 13.0 Å². The number of aromatic nitrogens is 4. The Labute approximate surface area is 208 Å². The van der Waals surface area contributed by atoms with Gasteiger partial charge in [0.25, 0.3) is 0 Å². The lowest BCUT2D eigenvalue weighted by molar-refractivity contribution is -0.411. The third-order valence-corrected chi connectivity index (χ3v) is 6.45. The van der Waals surface area contributed by atoms with Crippen molar-refractivity contribution >= 4 is 28.9 Å². The number of phenolic OH excluding ortho intramolecular Hbond substituents is 1. The van der Waals surface area contributed by atoms with Crippen LogP contribution in [0.25, 0.3) is 22.3 Å². The molecule has 0 saturated heterocycles. The first-order chi connectivity index (χ1) is 17.5. The van der Waals surface area contributed by atoms with E-state index < -0.39 is 34.7 Å². The van der Waals surface area contributed by atoms with Crippen LogP contribution in [0.5, 0.6) is 5.75 Å². The molecule has 0 amide bonds. The number of para-hydroxylation sites is 1. The largest absolute Gasteiger partial charge is 0.503 e. The van der Waals surface area contributed by atoms with E-state index >= 15 is 0 Å².